The predicted molar refractivity (Wildman–Crippen MR) is 104 cm³/mol. The summed E-state index contributed by atoms with van der Waals surface area (Å²) >= 11 is 0. The number of amides is 1. The minimum atomic E-state index is -3.52. The third-order valence-electron chi connectivity index (χ3n) is 4.78. The lowest BCUT2D eigenvalue weighted by molar-refractivity contribution is 0.0742. The first-order valence-electron chi connectivity index (χ1n) is 8.82. The standard InChI is InChI=1S/C20H21FN2O4S/c1-14(24)15-7-8-18(17(21)13-15)22-9-11-23(12-10-22)20(25)16-5-3-4-6-19(16)28(2,26)27/h3-8,13H,9-12H2,1-2H3. The van der Waals surface area contributed by atoms with Crippen LogP contribution >= 0.6 is 0 Å². The summed E-state index contributed by atoms with van der Waals surface area (Å²) in [6, 6.07) is 10.5. The molecule has 0 unspecified atom stereocenters. The maximum atomic E-state index is 14.4. The van der Waals surface area contributed by atoms with Gasteiger partial charge in [0.15, 0.2) is 15.6 Å². The van der Waals surface area contributed by atoms with Gasteiger partial charge in [-0.3, -0.25) is 9.59 Å². The van der Waals surface area contributed by atoms with Crippen LogP contribution in [0.15, 0.2) is 47.4 Å². The number of rotatable bonds is 4. The van der Waals surface area contributed by atoms with Crippen LogP contribution in [0.5, 0.6) is 0 Å². The SMILES string of the molecule is CC(=O)c1ccc(N2CCN(C(=O)c3ccccc3S(C)(=O)=O)CC2)c(F)c1. The van der Waals surface area contributed by atoms with Gasteiger partial charge in [0.1, 0.15) is 5.82 Å². The number of halogens is 1. The van der Waals surface area contributed by atoms with Crippen LogP contribution in [0.1, 0.15) is 27.6 Å². The van der Waals surface area contributed by atoms with Crippen molar-refractivity contribution in [2.45, 2.75) is 11.8 Å². The van der Waals surface area contributed by atoms with E-state index in [1.807, 2.05) is 4.90 Å². The number of carbonyl (C=O) groups is 2. The monoisotopic (exact) mass is 404 g/mol. The molecular weight excluding hydrogens is 383 g/mol. The normalized spacial score (nSPS) is 14.8. The van der Waals surface area contributed by atoms with Gasteiger partial charge in [-0.2, -0.15) is 0 Å². The van der Waals surface area contributed by atoms with Crippen molar-refractivity contribution >= 4 is 27.2 Å². The van der Waals surface area contributed by atoms with E-state index in [0.717, 1.165) is 6.26 Å². The summed E-state index contributed by atoms with van der Waals surface area (Å²) in [5, 5.41) is 0. The van der Waals surface area contributed by atoms with E-state index in [9.17, 15) is 22.4 Å². The van der Waals surface area contributed by atoms with Crippen LogP contribution in [0.2, 0.25) is 0 Å². The molecule has 6 nitrogen and oxygen atoms in total. The van der Waals surface area contributed by atoms with Crippen LogP contribution < -0.4 is 4.90 Å². The van der Waals surface area contributed by atoms with Crippen molar-refractivity contribution in [2.75, 3.05) is 37.3 Å². The van der Waals surface area contributed by atoms with Gasteiger partial charge in [0.05, 0.1) is 16.1 Å². The van der Waals surface area contributed by atoms with Gasteiger partial charge in [-0.25, -0.2) is 12.8 Å². The molecular formula is C20H21FN2O4S. The second-order valence-corrected chi connectivity index (χ2v) is 8.75. The van der Waals surface area contributed by atoms with Gasteiger partial charge in [0.25, 0.3) is 5.91 Å². The van der Waals surface area contributed by atoms with Gasteiger partial charge < -0.3 is 9.80 Å². The van der Waals surface area contributed by atoms with Crippen molar-refractivity contribution in [3.05, 3.63) is 59.4 Å². The van der Waals surface area contributed by atoms with Crippen molar-refractivity contribution in [1.82, 2.24) is 4.90 Å². The van der Waals surface area contributed by atoms with Crippen LogP contribution in [0.4, 0.5) is 10.1 Å². The van der Waals surface area contributed by atoms with E-state index in [-0.39, 0.29) is 22.1 Å². The number of ketones is 1. The molecule has 148 valence electrons. The van der Waals surface area contributed by atoms with Gasteiger partial charge in [-0.15, -0.1) is 0 Å². The molecule has 0 N–H and O–H groups in total. The Morgan fingerprint density at radius 3 is 2.21 bits per heavy atom. The lowest BCUT2D eigenvalue weighted by Crippen LogP contribution is -2.49. The number of carbonyl (C=O) groups excluding carboxylic acids is 2. The summed E-state index contributed by atoms with van der Waals surface area (Å²) in [4.78, 5) is 27.6. The van der Waals surface area contributed by atoms with Crippen molar-refractivity contribution in [1.29, 1.82) is 0 Å². The van der Waals surface area contributed by atoms with E-state index in [1.165, 1.54) is 25.1 Å². The Morgan fingerprint density at radius 1 is 1.00 bits per heavy atom. The van der Waals surface area contributed by atoms with Crippen molar-refractivity contribution in [3.8, 4) is 0 Å². The zero-order chi connectivity index (χ0) is 20.5. The van der Waals surface area contributed by atoms with Gasteiger partial charge in [0, 0.05) is 38.0 Å². The molecule has 0 aromatic heterocycles. The topological polar surface area (TPSA) is 74.8 Å². The fourth-order valence-electron chi connectivity index (χ4n) is 3.27. The summed E-state index contributed by atoms with van der Waals surface area (Å²) in [6.07, 6.45) is 1.07. The second kappa shape index (κ2) is 7.71. The van der Waals surface area contributed by atoms with E-state index in [4.69, 9.17) is 0 Å². The summed E-state index contributed by atoms with van der Waals surface area (Å²) in [7, 11) is -3.52. The number of sulfone groups is 1. The molecule has 1 aliphatic heterocycles. The number of hydrogen-bond acceptors (Lipinski definition) is 5. The highest BCUT2D eigenvalue weighted by atomic mass is 32.2. The lowest BCUT2D eigenvalue weighted by Gasteiger charge is -2.36. The molecule has 8 heteroatoms. The maximum absolute atomic E-state index is 14.4. The van der Waals surface area contributed by atoms with Gasteiger partial charge in [0.2, 0.25) is 0 Å². The second-order valence-electron chi connectivity index (χ2n) is 6.77. The molecule has 0 radical (unpaired) electrons. The van der Waals surface area contributed by atoms with Crippen LogP contribution in [-0.4, -0.2) is 57.4 Å². The first-order chi connectivity index (χ1) is 13.2. The largest absolute Gasteiger partial charge is 0.366 e. The van der Waals surface area contributed by atoms with Gasteiger partial charge >= 0.3 is 0 Å². The van der Waals surface area contributed by atoms with Crippen LogP contribution in [0.25, 0.3) is 0 Å². The molecule has 0 atom stereocenters. The van der Waals surface area contributed by atoms with E-state index in [2.05, 4.69) is 0 Å². The molecule has 0 spiro atoms. The summed E-state index contributed by atoms with van der Waals surface area (Å²) in [5.41, 5.74) is 0.844. The fraction of sp³-hybridized carbons (Fsp3) is 0.300. The van der Waals surface area contributed by atoms with Crippen molar-refractivity contribution in [2.24, 2.45) is 0 Å². The summed E-state index contributed by atoms with van der Waals surface area (Å²) < 4.78 is 38.3. The predicted octanol–water partition coefficient (Wildman–Crippen LogP) is 2.39. The highest BCUT2D eigenvalue weighted by Crippen LogP contribution is 2.24. The summed E-state index contributed by atoms with van der Waals surface area (Å²) in [6.45, 7) is 2.87. The minimum Gasteiger partial charge on any atom is -0.366 e. The molecule has 28 heavy (non-hydrogen) atoms. The first kappa shape index (κ1) is 20.0. The highest BCUT2D eigenvalue weighted by molar-refractivity contribution is 7.90. The van der Waals surface area contributed by atoms with Crippen molar-refractivity contribution < 1.29 is 22.4 Å². The van der Waals surface area contributed by atoms with Gasteiger partial charge in [-0.1, -0.05) is 12.1 Å². The highest BCUT2D eigenvalue weighted by Gasteiger charge is 2.27. The van der Waals surface area contributed by atoms with E-state index in [1.54, 1.807) is 29.2 Å². The van der Waals surface area contributed by atoms with Crippen LogP contribution in [0, 0.1) is 5.82 Å². The molecule has 1 saturated heterocycles. The lowest BCUT2D eigenvalue weighted by atomic mass is 10.1. The molecule has 1 aliphatic rings. The summed E-state index contributed by atoms with van der Waals surface area (Å²) in [5.74, 6) is -1.03. The molecule has 2 aromatic rings. The zero-order valence-electron chi connectivity index (χ0n) is 15.7. The molecule has 1 heterocycles. The molecule has 1 amide bonds. The van der Waals surface area contributed by atoms with Crippen LogP contribution in [0.3, 0.4) is 0 Å². The average Bonchev–Trinajstić information content (AvgIpc) is 2.67. The smallest absolute Gasteiger partial charge is 0.255 e. The van der Waals surface area contributed by atoms with Gasteiger partial charge in [-0.05, 0) is 37.3 Å². The quantitative estimate of drug-likeness (QED) is 0.732. The van der Waals surface area contributed by atoms with E-state index in [0.29, 0.717) is 37.4 Å². The van der Waals surface area contributed by atoms with E-state index < -0.39 is 15.7 Å². The number of benzene rings is 2. The molecule has 1 fully saturated rings. The molecule has 3 rings (SSSR count). The molecule has 0 aliphatic carbocycles. The third-order valence-corrected chi connectivity index (χ3v) is 5.93. The van der Waals surface area contributed by atoms with Crippen molar-refractivity contribution in [3.63, 3.8) is 0 Å². The number of nitrogens with zero attached hydrogens (tertiary/aromatic N) is 2. The Bertz CT molecular complexity index is 1030. The Kier molecular flexibility index (Phi) is 5.51. The van der Waals surface area contributed by atoms with E-state index >= 15 is 0 Å². The fourth-order valence-corrected chi connectivity index (χ4v) is 4.15. The third kappa shape index (κ3) is 4.06. The first-order valence-corrected chi connectivity index (χ1v) is 10.7. The molecule has 0 saturated carbocycles. The Hall–Kier alpha value is -2.74. The minimum absolute atomic E-state index is 0.00768. The molecule has 0 bridgehead atoms. The van der Waals surface area contributed by atoms with Crippen LogP contribution in [-0.2, 0) is 9.84 Å². The number of Topliss-reactive ketones (excluding diaryl/α,β-unsaturated/α-hetero) is 1. The zero-order valence-corrected chi connectivity index (χ0v) is 16.5. The molecule has 2 aromatic carbocycles. The Balaban J connectivity index is 1.75. The number of anilines is 1. The Morgan fingerprint density at radius 2 is 1.64 bits per heavy atom. The Labute approximate surface area is 163 Å². The maximum Gasteiger partial charge on any atom is 0.255 e. The average molecular weight is 404 g/mol. The number of piperazine rings is 1. The number of hydrogen-bond donors (Lipinski definition) is 0.